The number of nitrogens with one attached hydrogen (secondary N) is 1. The summed E-state index contributed by atoms with van der Waals surface area (Å²) in [7, 11) is 4.73. The van der Waals surface area contributed by atoms with Crippen molar-refractivity contribution in [3.8, 4) is 17.2 Å². The SMILES string of the molecule is COc1ccc(CNC(=O)[C@@H]2CCCN(Cc3ccccc3Cl)C2)c(OC)c1OC. The number of amides is 1. The maximum atomic E-state index is 12.9. The lowest BCUT2D eigenvalue weighted by Gasteiger charge is -2.32. The second-order valence-corrected chi connectivity index (χ2v) is 7.78. The van der Waals surface area contributed by atoms with Crippen molar-refractivity contribution in [1.29, 1.82) is 0 Å². The van der Waals surface area contributed by atoms with Gasteiger partial charge in [-0.3, -0.25) is 9.69 Å². The highest BCUT2D eigenvalue weighted by molar-refractivity contribution is 6.31. The van der Waals surface area contributed by atoms with Crippen LogP contribution in [0.25, 0.3) is 0 Å². The fourth-order valence-electron chi connectivity index (χ4n) is 3.91. The Morgan fingerprint density at radius 3 is 2.53 bits per heavy atom. The molecule has 1 aliphatic rings. The molecule has 1 N–H and O–H groups in total. The van der Waals surface area contributed by atoms with Crippen molar-refractivity contribution in [3.05, 3.63) is 52.5 Å². The van der Waals surface area contributed by atoms with Gasteiger partial charge in [0.25, 0.3) is 0 Å². The number of halogens is 1. The van der Waals surface area contributed by atoms with Crippen LogP contribution in [0.3, 0.4) is 0 Å². The van der Waals surface area contributed by atoms with Crippen LogP contribution >= 0.6 is 11.6 Å². The Bertz CT molecular complexity index is 874. The molecule has 3 rings (SSSR count). The van der Waals surface area contributed by atoms with E-state index >= 15 is 0 Å². The van der Waals surface area contributed by atoms with Crippen molar-refractivity contribution >= 4 is 17.5 Å². The highest BCUT2D eigenvalue weighted by Gasteiger charge is 2.26. The maximum absolute atomic E-state index is 12.9. The van der Waals surface area contributed by atoms with Crippen LogP contribution in [0.4, 0.5) is 0 Å². The summed E-state index contributed by atoms with van der Waals surface area (Å²) >= 11 is 6.30. The van der Waals surface area contributed by atoms with E-state index in [1.807, 2.05) is 36.4 Å². The van der Waals surface area contributed by atoms with Gasteiger partial charge in [0.2, 0.25) is 11.7 Å². The number of ether oxygens (including phenoxy) is 3. The largest absolute Gasteiger partial charge is 0.493 e. The number of methoxy groups -OCH3 is 3. The third kappa shape index (κ3) is 5.18. The molecule has 30 heavy (non-hydrogen) atoms. The molecule has 0 saturated carbocycles. The third-order valence-corrected chi connectivity index (χ3v) is 5.84. The molecule has 0 aromatic heterocycles. The molecular formula is C23H29ClN2O4. The van der Waals surface area contributed by atoms with Crippen LogP contribution in [0.5, 0.6) is 17.2 Å². The van der Waals surface area contributed by atoms with E-state index in [1.165, 1.54) is 0 Å². The zero-order valence-corrected chi connectivity index (χ0v) is 18.5. The van der Waals surface area contributed by atoms with Crippen molar-refractivity contribution in [2.75, 3.05) is 34.4 Å². The van der Waals surface area contributed by atoms with E-state index < -0.39 is 0 Å². The maximum Gasteiger partial charge on any atom is 0.224 e. The van der Waals surface area contributed by atoms with E-state index in [0.29, 0.717) is 23.8 Å². The van der Waals surface area contributed by atoms with Crippen molar-refractivity contribution < 1.29 is 19.0 Å². The molecule has 0 bridgehead atoms. The first-order chi connectivity index (χ1) is 14.6. The normalized spacial score (nSPS) is 16.7. The lowest BCUT2D eigenvalue weighted by atomic mass is 9.96. The Morgan fingerprint density at radius 1 is 1.07 bits per heavy atom. The predicted octanol–water partition coefficient (Wildman–Crippen LogP) is 3.89. The Hall–Kier alpha value is -2.44. The molecule has 1 heterocycles. The van der Waals surface area contributed by atoms with Gasteiger partial charge in [-0.15, -0.1) is 0 Å². The topological polar surface area (TPSA) is 60.0 Å². The van der Waals surface area contributed by atoms with Gasteiger partial charge in [-0.25, -0.2) is 0 Å². The van der Waals surface area contributed by atoms with Crippen molar-refractivity contribution in [2.24, 2.45) is 5.92 Å². The molecule has 162 valence electrons. The summed E-state index contributed by atoms with van der Waals surface area (Å²) in [6.45, 7) is 2.81. The molecule has 0 spiro atoms. The Morgan fingerprint density at radius 2 is 1.83 bits per heavy atom. The number of benzene rings is 2. The first-order valence-corrected chi connectivity index (χ1v) is 10.5. The minimum absolute atomic E-state index is 0.0487. The number of hydrogen-bond acceptors (Lipinski definition) is 5. The van der Waals surface area contributed by atoms with Crippen molar-refractivity contribution in [1.82, 2.24) is 10.2 Å². The lowest BCUT2D eigenvalue weighted by molar-refractivity contribution is -0.126. The van der Waals surface area contributed by atoms with Crippen LogP contribution in [-0.4, -0.2) is 45.2 Å². The van der Waals surface area contributed by atoms with Gasteiger partial charge in [0, 0.05) is 30.2 Å². The van der Waals surface area contributed by atoms with Gasteiger partial charge in [-0.05, 0) is 43.1 Å². The second kappa shape index (κ2) is 10.5. The van der Waals surface area contributed by atoms with E-state index in [2.05, 4.69) is 10.2 Å². The van der Waals surface area contributed by atoms with Crippen molar-refractivity contribution in [2.45, 2.75) is 25.9 Å². The van der Waals surface area contributed by atoms with E-state index in [4.69, 9.17) is 25.8 Å². The van der Waals surface area contributed by atoms with E-state index in [9.17, 15) is 4.79 Å². The fourth-order valence-corrected chi connectivity index (χ4v) is 4.11. The summed E-state index contributed by atoms with van der Waals surface area (Å²) in [6, 6.07) is 11.6. The molecule has 0 unspecified atom stereocenters. The molecule has 0 aliphatic carbocycles. The van der Waals surface area contributed by atoms with Gasteiger partial charge in [-0.2, -0.15) is 0 Å². The van der Waals surface area contributed by atoms with E-state index in [0.717, 1.165) is 48.6 Å². The quantitative estimate of drug-likeness (QED) is 0.685. The smallest absolute Gasteiger partial charge is 0.224 e. The monoisotopic (exact) mass is 432 g/mol. The van der Waals surface area contributed by atoms with Gasteiger partial charge in [0.15, 0.2) is 11.5 Å². The predicted molar refractivity (Wildman–Crippen MR) is 117 cm³/mol. The van der Waals surface area contributed by atoms with Gasteiger partial charge < -0.3 is 19.5 Å². The van der Waals surface area contributed by atoms with Gasteiger partial charge in [0.05, 0.1) is 27.2 Å². The summed E-state index contributed by atoms with van der Waals surface area (Å²) in [6.07, 6.45) is 1.87. The number of likely N-dealkylation sites (tertiary alicyclic amines) is 1. The van der Waals surface area contributed by atoms with Crippen LogP contribution < -0.4 is 19.5 Å². The molecule has 1 fully saturated rings. The van der Waals surface area contributed by atoms with Gasteiger partial charge in [-0.1, -0.05) is 29.8 Å². The first-order valence-electron chi connectivity index (χ1n) is 10.1. The number of nitrogens with zero attached hydrogens (tertiary/aromatic N) is 1. The van der Waals surface area contributed by atoms with Crippen LogP contribution in [0.1, 0.15) is 24.0 Å². The molecule has 0 radical (unpaired) electrons. The van der Waals surface area contributed by atoms with Crippen LogP contribution in [0, 0.1) is 5.92 Å². The Kier molecular flexibility index (Phi) is 7.82. The molecular weight excluding hydrogens is 404 g/mol. The standard InChI is InChI=1S/C23H29ClN2O4/c1-28-20-11-10-16(21(29-2)22(20)30-3)13-25-23(27)18-8-6-12-26(15-18)14-17-7-4-5-9-19(17)24/h4-5,7,9-11,18H,6,8,12-15H2,1-3H3,(H,25,27)/t18-/m1/s1. The highest BCUT2D eigenvalue weighted by Crippen LogP contribution is 2.39. The number of hydrogen-bond donors (Lipinski definition) is 1. The summed E-state index contributed by atoms with van der Waals surface area (Å²) in [4.78, 5) is 15.2. The zero-order chi connectivity index (χ0) is 21.5. The van der Waals surface area contributed by atoms with Gasteiger partial charge >= 0.3 is 0 Å². The average molecular weight is 433 g/mol. The molecule has 6 nitrogen and oxygen atoms in total. The zero-order valence-electron chi connectivity index (χ0n) is 17.7. The number of piperidine rings is 1. The van der Waals surface area contributed by atoms with Crippen LogP contribution in [0.2, 0.25) is 5.02 Å². The molecule has 1 saturated heterocycles. The van der Waals surface area contributed by atoms with E-state index in [1.54, 1.807) is 21.3 Å². The minimum Gasteiger partial charge on any atom is -0.493 e. The third-order valence-electron chi connectivity index (χ3n) is 5.47. The van der Waals surface area contributed by atoms with Crippen molar-refractivity contribution in [3.63, 3.8) is 0 Å². The average Bonchev–Trinajstić information content (AvgIpc) is 2.78. The molecule has 1 aliphatic heterocycles. The fraction of sp³-hybridized carbons (Fsp3) is 0.435. The van der Waals surface area contributed by atoms with Crippen LogP contribution in [-0.2, 0) is 17.9 Å². The second-order valence-electron chi connectivity index (χ2n) is 7.38. The number of carbonyl (C=O) groups is 1. The molecule has 2 aromatic carbocycles. The minimum atomic E-state index is -0.0487. The number of rotatable bonds is 8. The summed E-state index contributed by atoms with van der Waals surface area (Å²) in [5.74, 6) is 1.69. The van der Waals surface area contributed by atoms with Gasteiger partial charge in [0.1, 0.15) is 0 Å². The van der Waals surface area contributed by atoms with E-state index in [-0.39, 0.29) is 11.8 Å². The first kappa shape index (κ1) is 22.2. The molecule has 1 atom stereocenters. The Balaban J connectivity index is 1.61. The highest BCUT2D eigenvalue weighted by atomic mass is 35.5. The molecule has 2 aromatic rings. The molecule has 7 heteroatoms. The molecule has 1 amide bonds. The summed E-state index contributed by atoms with van der Waals surface area (Å²) < 4.78 is 16.2. The van der Waals surface area contributed by atoms with Crippen LogP contribution in [0.15, 0.2) is 36.4 Å². The number of carbonyl (C=O) groups excluding carboxylic acids is 1. The summed E-state index contributed by atoms with van der Waals surface area (Å²) in [5, 5.41) is 3.83. The lowest BCUT2D eigenvalue weighted by Crippen LogP contribution is -2.42. The summed E-state index contributed by atoms with van der Waals surface area (Å²) in [5.41, 5.74) is 1.93. The Labute approximate surface area is 183 Å².